The SMILES string of the molecule is Cc1ccc(-n2c(SCC(=O)NC(=O)NCc3ccco3)nc3ccccc3c2=O)cc1. The maximum absolute atomic E-state index is 13.2. The number of benzene rings is 2. The maximum Gasteiger partial charge on any atom is 0.321 e. The van der Waals surface area contributed by atoms with Crippen molar-refractivity contribution in [1.82, 2.24) is 20.2 Å². The van der Waals surface area contributed by atoms with Crippen LogP contribution in [0.15, 0.2) is 81.3 Å². The van der Waals surface area contributed by atoms with Gasteiger partial charge in [0.2, 0.25) is 5.91 Å². The summed E-state index contributed by atoms with van der Waals surface area (Å²) < 4.78 is 6.61. The Bertz CT molecular complexity index is 1310. The predicted molar refractivity (Wildman–Crippen MR) is 122 cm³/mol. The number of imide groups is 1. The molecule has 4 rings (SSSR count). The molecule has 32 heavy (non-hydrogen) atoms. The second kappa shape index (κ2) is 9.52. The van der Waals surface area contributed by atoms with Gasteiger partial charge < -0.3 is 9.73 Å². The Balaban J connectivity index is 1.52. The molecule has 2 aromatic heterocycles. The van der Waals surface area contributed by atoms with Gasteiger partial charge in [-0.3, -0.25) is 19.5 Å². The van der Waals surface area contributed by atoms with Gasteiger partial charge in [-0.15, -0.1) is 0 Å². The van der Waals surface area contributed by atoms with E-state index in [4.69, 9.17) is 4.42 Å². The Labute approximate surface area is 187 Å². The maximum atomic E-state index is 13.2. The van der Waals surface area contributed by atoms with E-state index in [9.17, 15) is 14.4 Å². The molecule has 3 amide bonds. The number of hydrogen-bond acceptors (Lipinski definition) is 6. The van der Waals surface area contributed by atoms with Gasteiger partial charge in [-0.2, -0.15) is 0 Å². The van der Waals surface area contributed by atoms with Crippen molar-refractivity contribution in [3.8, 4) is 5.69 Å². The molecule has 0 saturated heterocycles. The van der Waals surface area contributed by atoms with Crippen LogP contribution >= 0.6 is 11.8 Å². The quantitative estimate of drug-likeness (QED) is 0.346. The van der Waals surface area contributed by atoms with Crippen molar-refractivity contribution >= 4 is 34.6 Å². The highest BCUT2D eigenvalue weighted by atomic mass is 32.2. The highest BCUT2D eigenvalue weighted by Crippen LogP contribution is 2.21. The third kappa shape index (κ3) is 4.89. The molecule has 0 unspecified atom stereocenters. The van der Waals surface area contributed by atoms with Crippen LogP contribution in [-0.4, -0.2) is 27.2 Å². The smallest absolute Gasteiger partial charge is 0.321 e. The number of thioether (sulfide) groups is 1. The van der Waals surface area contributed by atoms with Crippen molar-refractivity contribution in [3.63, 3.8) is 0 Å². The van der Waals surface area contributed by atoms with E-state index in [1.54, 1.807) is 36.4 Å². The van der Waals surface area contributed by atoms with Crippen molar-refractivity contribution in [2.24, 2.45) is 0 Å². The molecule has 0 aliphatic rings. The molecule has 0 bridgehead atoms. The molecule has 162 valence electrons. The summed E-state index contributed by atoms with van der Waals surface area (Å²) in [6, 6.07) is 17.3. The van der Waals surface area contributed by atoms with Crippen LogP contribution in [0.1, 0.15) is 11.3 Å². The number of aryl methyl sites for hydroxylation is 1. The van der Waals surface area contributed by atoms with E-state index < -0.39 is 11.9 Å². The van der Waals surface area contributed by atoms with Gasteiger partial charge in [0.1, 0.15) is 5.76 Å². The molecule has 2 N–H and O–H groups in total. The van der Waals surface area contributed by atoms with Crippen LogP contribution in [0, 0.1) is 6.92 Å². The molecule has 0 saturated carbocycles. The normalized spacial score (nSPS) is 10.8. The Hall–Kier alpha value is -3.85. The van der Waals surface area contributed by atoms with Crippen molar-refractivity contribution in [2.75, 3.05) is 5.75 Å². The highest BCUT2D eigenvalue weighted by molar-refractivity contribution is 7.99. The number of amides is 3. The fraction of sp³-hybridized carbons (Fsp3) is 0.130. The molecule has 0 atom stereocenters. The van der Waals surface area contributed by atoms with E-state index in [-0.39, 0.29) is 17.9 Å². The van der Waals surface area contributed by atoms with Crippen LogP contribution in [0.5, 0.6) is 0 Å². The first-order chi connectivity index (χ1) is 15.5. The third-order valence-corrected chi connectivity index (χ3v) is 5.56. The molecule has 8 nitrogen and oxygen atoms in total. The van der Waals surface area contributed by atoms with Crippen LogP contribution < -0.4 is 16.2 Å². The predicted octanol–water partition coefficient (Wildman–Crippen LogP) is 3.41. The summed E-state index contributed by atoms with van der Waals surface area (Å²) in [5, 5.41) is 5.66. The molecule has 0 aliphatic carbocycles. The van der Waals surface area contributed by atoms with Crippen molar-refractivity contribution in [1.29, 1.82) is 0 Å². The van der Waals surface area contributed by atoms with E-state index in [1.807, 2.05) is 31.2 Å². The van der Waals surface area contributed by atoms with Crippen LogP contribution in [0.4, 0.5) is 4.79 Å². The topological polar surface area (TPSA) is 106 Å². The van der Waals surface area contributed by atoms with Crippen LogP contribution in [0.2, 0.25) is 0 Å². The number of nitrogens with one attached hydrogen (secondary N) is 2. The number of fused-ring (bicyclic) bond motifs is 1. The number of nitrogens with zero attached hydrogens (tertiary/aromatic N) is 2. The second-order valence-corrected chi connectivity index (χ2v) is 7.93. The number of rotatable bonds is 6. The van der Waals surface area contributed by atoms with E-state index >= 15 is 0 Å². The Morgan fingerprint density at radius 1 is 1.06 bits per heavy atom. The number of urea groups is 1. The fourth-order valence-corrected chi connectivity index (χ4v) is 3.86. The van der Waals surface area contributed by atoms with Crippen LogP contribution in [0.25, 0.3) is 16.6 Å². The minimum atomic E-state index is -0.630. The van der Waals surface area contributed by atoms with Gasteiger partial charge in [0.05, 0.1) is 35.2 Å². The van der Waals surface area contributed by atoms with Crippen molar-refractivity contribution in [3.05, 3.63) is 88.6 Å². The standard InChI is InChI=1S/C23H20N4O4S/c1-15-8-10-16(11-9-15)27-21(29)18-6-2-3-7-19(18)25-23(27)32-14-20(28)26-22(30)24-13-17-5-4-12-31-17/h2-12H,13-14H2,1H3,(H2,24,26,28,30). The molecule has 2 aromatic carbocycles. The van der Waals surface area contributed by atoms with Crippen molar-refractivity contribution < 1.29 is 14.0 Å². The first-order valence-electron chi connectivity index (χ1n) is 9.83. The average molecular weight is 449 g/mol. The van der Waals surface area contributed by atoms with Gasteiger partial charge in [-0.25, -0.2) is 9.78 Å². The van der Waals surface area contributed by atoms with E-state index in [1.165, 1.54) is 10.8 Å². The molecule has 0 spiro atoms. The first kappa shape index (κ1) is 21.4. The van der Waals surface area contributed by atoms with E-state index in [0.717, 1.165) is 17.3 Å². The molecular weight excluding hydrogens is 428 g/mol. The third-order valence-electron chi connectivity index (χ3n) is 4.63. The molecule has 0 radical (unpaired) electrons. The minimum absolute atomic E-state index is 0.0924. The number of furan rings is 1. The zero-order chi connectivity index (χ0) is 22.5. The summed E-state index contributed by atoms with van der Waals surface area (Å²) in [4.78, 5) is 42.0. The summed E-state index contributed by atoms with van der Waals surface area (Å²) in [5.41, 5.74) is 2.03. The van der Waals surface area contributed by atoms with E-state index in [2.05, 4.69) is 15.6 Å². The lowest BCUT2D eigenvalue weighted by molar-refractivity contribution is -0.117. The van der Waals surface area contributed by atoms with Gasteiger partial charge in [0.25, 0.3) is 5.56 Å². The first-order valence-corrected chi connectivity index (χ1v) is 10.8. The number of carbonyl (C=O) groups is 2. The summed E-state index contributed by atoms with van der Waals surface area (Å²) in [5.74, 6) is -0.0283. The fourth-order valence-electron chi connectivity index (χ4n) is 3.05. The Morgan fingerprint density at radius 3 is 2.59 bits per heavy atom. The number of aromatic nitrogens is 2. The molecule has 0 aliphatic heterocycles. The Kier molecular flexibility index (Phi) is 6.37. The Morgan fingerprint density at radius 2 is 1.84 bits per heavy atom. The largest absolute Gasteiger partial charge is 0.467 e. The van der Waals surface area contributed by atoms with E-state index in [0.29, 0.717) is 27.5 Å². The zero-order valence-corrected chi connectivity index (χ0v) is 18.0. The summed E-state index contributed by atoms with van der Waals surface area (Å²) in [7, 11) is 0. The molecule has 2 heterocycles. The van der Waals surface area contributed by atoms with Crippen molar-refractivity contribution in [2.45, 2.75) is 18.6 Å². The molecular formula is C23H20N4O4S. The highest BCUT2D eigenvalue weighted by Gasteiger charge is 2.16. The average Bonchev–Trinajstić information content (AvgIpc) is 3.31. The number of para-hydroxylation sites is 1. The molecule has 0 fully saturated rings. The van der Waals surface area contributed by atoms with Gasteiger partial charge >= 0.3 is 6.03 Å². The van der Waals surface area contributed by atoms with Gasteiger partial charge in [-0.05, 0) is 43.3 Å². The van der Waals surface area contributed by atoms with Gasteiger partial charge in [-0.1, -0.05) is 41.6 Å². The van der Waals surface area contributed by atoms with Gasteiger partial charge in [0.15, 0.2) is 5.16 Å². The van der Waals surface area contributed by atoms with Crippen LogP contribution in [0.3, 0.4) is 0 Å². The summed E-state index contributed by atoms with van der Waals surface area (Å²) >= 11 is 1.08. The lowest BCUT2D eigenvalue weighted by Gasteiger charge is -2.13. The lowest BCUT2D eigenvalue weighted by Crippen LogP contribution is -2.40. The van der Waals surface area contributed by atoms with Crippen LogP contribution in [-0.2, 0) is 11.3 Å². The summed E-state index contributed by atoms with van der Waals surface area (Å²) in [6.45, 7) is 2.13. The monoisotopic (exact) mass is 448 g/mol. The molecule has 4 aromatic rings. The lowest BCUT2D eigenvalue weighted by atomic mass is 10.2. The summed E-state index contributed by atoms with van der Waals surface area (Å²) in [6.07, 6.45) is 1.50. The number of hydrogen-bond donors (Lipinski definition) is 2. The van der Waals surface area contributed by atoms with Gasteiger partial charge in [0, 0.05) is 0 Å². The minimum Gasteiger partial charge on any atom is -0.467 e. The second-order valence-electron chi connectivity index (χ2n) is 6.99. The zero-order valence-electron chi connectivity index (χ0n) is 17.2. The molecule has 9 heteroatoms. The number of carbonyl (C=O) groups excluding carboxylic acids is 2.